The molecule has 29 heavy (non-hydrogen) atoms. The second-order valence-electron chi connectivity index (χ2n) is 7.42. The van der Waals surface area contributed by atoms with Gasteiger partial charge in [-0.3, -0.25) is 4.79 Å². The molecule has 0 radical (unpaired) electrons. The van der Waals surface area contributed by atoms with Gasteiger partial charge in [0.05, 0.1) is 12.3 Å². The molecular weight excluding hydrogens is 368 g/mol. The molecule has 1 saturated heterocycles. The first-order valence-corrected chi connectivity index (χ1v) is 9.94. The fraction of sp³-hybridized carbons (Fsp3) is 0.500. The maximum Gasteiger partial charge on any atom is 0.248 e. The lowest BCUT2D eigenvalue weighted by molar-refractivity contribution is -0.135. The van der Waals surface area contributed by atoms with Crippen molar-refractivity contribution in [1.82, 2.24) is 14.9 Å². The maximum absolute atomic E-state index is 12.1. The number of aryl methyl sites for hydroxylation is 2. The summed E-state index contributed by atoms with van der Waals surface area (Å²) in [7, 11) is 3.24. The molecule has 0 unspecified atom stereocenters. The fourth-order valence-corrected chi connectivity index (χ4v) is 3.63. The lowest BCUT2D eigenvalue weighted by Gasteiger charge is -2.36. The summed E-state index contributed by atoms with van der Waals surface area (Å²) in [6, 6.07) is 8.55. The van der Waals surface area contributed by atoms with E-state index >= 15 is 0 Å². The molecule has 2 heterocycles. The number of hydrogen-bond donors (Lipinski definition) is 0. The van der Waals surface area contributed by atoms with Crippen LogP contribution in [0.4, 0.5) is 5.82 Å². The van der Waals surface area contributed by atoms with Crippen LogP contribution in [0.25, 0.3) is 0 Å². The van der Waals surface area contributed by atoms with Gasteiger partial charge >= 0.3 is 0 Å². The molecule has 156 valence electrons. The minimum atomic E-state index is 0.0333. The van der Waals surface area contributed by atoms with Crippen LogP contribution in [0, 0.1) is 13.8 Å². The van der Waals surface area contributed by atoms with E-state index in [0.29, 0.717) is 19.7 Å². The summed E-state index contributed by atoms with van der Waals surface area (Å²) in [5.41, 5.74) is 4.48. The van der Waals surface area contributed by atoms with Crippen molar-refractivity contribution in [3.63, 3.8) is 0 Å². The Kier molecular flexibility index (Phi) is 7.17. The van der Waals surface area contributed by atoms with Crippen molar-refractivity contribution in [3.8, 4) is 0 Å². The van der Waals surface area contributed by atoms with Crippen LogP contribution in [0.15, 0.2) is 24.3 Å². The molecule has 1 aromatic carbocycles. The molecule has 0 bridgehead atoms. The summed E-state index contributed by atoms with van der Waals surface area (Å²) in [4.78, 5) is 25.7. The predicted molar refractivity (Wildman–Crippen MR) is 112 cm³/mol. The second kappa shape index (κ2) is 9.80. The highest BCUT2D eigenvalue weighted by atomic mass is 16.5. The van der Waals surface area contributed by atoms with Gasteiger partial charge in [-0.2, -0.15) is 0 Å². The van der Waals surface area contributed by atoms with Crippen LogP contribution in [0.2, 0.25) is 0 Å². The van der Waals surface area contributed by atoms with Gasteiger partial charge < -0.3 is 19.3 Å². The number of amides is 1. The van der Waals surface area contributed by atoms with Crippen LogP contribution in [0.3, 0.4) is 0 Å². The van der Waals surface area contributed by atoms with E-state index in [-0.39, 0.29) is 12.5 Å². The highest BCUT2D eigenvalue weighted by Gasteiger charge is 2.25. The van der Waals surface area contributed by atoms with E-state index in [1.807, 2.05) is 11.8 Å². The number of carbonyl (C=O) groups is 1. The molecule has 3 rings (SSSR count). The van der Waals surface area contributed by atoms with Crippen molar-refractivity contribution in [2.75, 3.05) is 51.9 Å². The van der Waals surface area contributed by atoms with Gasteiger partial charge in [0, 0.05) is 52.4 Å². The number of anilines is 1. The standard InChI is InChI=1S/C22H30N4O3/c1-16-5-7-18(8-6-16)13-19-20(14-28-3)23-17(2)24-22(19)26-11-9-25(10-12-26)21(27)15-29-4/h5-8H,9-15H2,1-4H3. The van der Waals surface area contributed by atoms with Crippen LogP contribution in [0.1, 0.15) is 28.2 Å². The van der Waals surface area contributed by atoms with E-state index in [1.165, 1.54) is 11.1 Å². The number of benzene rings is 1. The lowest BCUT2D eigenvalue weighted by atomic mass is 10.0. The first kappa shape index (κ1) is 21.2. The third-order valence-electron chi connectivity index (χ3n) is 5.17. The van der Waals surface area contributed by atoms with Gasteiger partial charge in [-0.25, -0.2) is 9.97 Å². The number of methoxy groups -OCH3 is 2. The molecule has 1 aliphatic rings. The minimum Gasteiger partial charge on any atom is -0.378 e. The summed E-state index contributed by atoms with van der Waals surface area (Å²) in [6.45, 7) is 7.37. The summed E-state index contributed by atoms with van der Waals surface area (Å²) >= 11 is 0. The summed E-state index contributed by atoms with van der Waals surface area (Å²) in [6.07, 6.45) is 0.747. The highest BCUT2D eigenvalue weighted by Crippen LogP contribution is 2.26. The van der Waals surface area contributed by atoms with Crippen LogP contribution in [0.5, 0.6) is 0 Å². The van der Waals surface area contributed by atoms with Crippen molar-refractivity contribution in [3.05, 3.63) is 52.5 Å². The molecule has 0 N–H and O–H groups in total. The number of hydrogen-bond acceptors (Lipinski definition) is 6. The Balaban J connectivity index is 1.87. The Morgan fingerprint density at radius 3 is 2.31 bits per heavy atom. The van der Waals surface area contributed by atoms with Crippen LogP contribution >= 0.6 is 0 Å². The molecule has 0 aliphatic carbocycles. The molecule has 1 fully saturated rings. The van der Waals surface area contributed by atoms with Gasteiger partial charge in [0.2, 0.25) is 5.91 Å². The number of carbonyl (C=O) groups excluding carboxylic acids is 1. The average molecular weight is 399 g/mol. The normalized spacial score (nSPS) is 14.3. The summed E-state index contributed by atoms with van der Waals surface area (Å²) < 4.78 is 10.4. The largest absolute Gasteiger partial charge is 0.378 e. The van der Waals surface area contributed by atoms with Crippen LogP contribution in [-0.4, -0.2) is 67.8 Å². The molecule has 1 amide bonds. The van der Waals surface area contributed by atoms with Crippen molar-refractivity contribution in [2.45, 2.75) is 26.9 Å². The first-order valence-electron chi connectivity index (χ1n) is 9.94. The molecule has 7 nitrogen and oxygen atoms in total. The number of piperazine rings is 1. The number of aromatic nitrogens is 2. The van der Waals surface area contributed by atoms with Crippen LogP contribution in [-0.2, 0) is 27.3 Å². The van der Waals surface area contributed by atoms with Gasteiger partial charge in [0.25, 0.3) is 0 Å². The Labute approximate surface area is 172 Å². The average Bonchev–Trinajstić information content (AvgIpc) is 2.72. The molecular formula is C22H30N4O3. The molecule has 1 aromatic heterocycles. The van der Waals surface area contributed by atoms with Crippen molar-refractivity contribution < 1.29 is 14.3 Å². The van der Waals surface area contributed by atoms with Gasteiger partial charge in [-0.15, -0.1) is 0 Å². The van der Waals surface area contributed by atoms with E-state index in [4.69, 9.17) is 14.5 Å². The fourth-order valence-electron chi connectivity index (χ4n) is 3.63. The summed E-state index contributed by atoms with van der Waals surface area (Å²) in [5.74, 6) is 1.72. The van der Waals surface area contributed by atoms with Crippen molar-refractivity contribution >= 4 is 11.7 Å². The topological polar surface area (TPSA) is 67.8 Å². The number of nitrogens with zero attached hydrogens (tertiary/aromatic N) is 4. The van der Waals surface area contributed by atoms with Crippen molar-refractivity contribution in [2.24, 2.45) is 0 Å². The number of ether oxygens (including phenoxy) is 2. The Bertz CT molecular complexity index is 831. The molecule has 0 saturated carbocycles. The SMILES string of the molecule is COCC(=O)N1CCN(c2nc(C)nc(COC)c2Cc2ccc(C)cc2)CC1. The zero-order valence-electron chi connectivity index (χ0n) is 17.8. The molecule has 0 atom stereocenters. The Morgan fingerprint density at radius 2 is 1.69 bits per heavy atom. The molecule has 1 aliphatic heterocycles. The second-order valence-corrected chi connectivity index (χ2v) is 7.42. The van der Waals surface area contributed by atoms with E-state index in [0.717, 1.165) is 42.4 Å². The number of rotatable bonds is 7. The zero-order chi connectivity index (χ0) is 20.8. The van der Waals surface area contributed by atoms with Gasteiger partial charge in [0.1, 0.15) is 18.2 Å². The third-order valence-corrected chi connectivity index (χ3v) is 5.17. The van der Waals surface area contributed by atoms with Gasteiger partial charge in [-0.05, 0) is 19.4 Å². The van der Waals surface area contributed by atoms with E-state index < -0.39 is 0 Å². The van der Waals surface area contributed by atoms with Gasteiger partial charge in [0.15, 0.2) is 0 Å². The zero-order valence-corrected chi connectivity index (χ0v) is 17.8. The van der Waals surface area contributed by atoms with Gasteiger partial charge in [-0.1, -0.05) is 29.8 Å². The smallest absolute Gasteiger partial charge is 0.248 e. The molecule has 2 aromatic rings. The van der Waals surface area contributed by atoms with Crippen molar-refractivity contribution in [1.29, 1.82) is 0 Å². The van der Waals surface area contributed by atoms with E-state index in [2.05, 4.69) is 41.1 Å². The first-order chi connectivity index (χ1) is 14.0. The Morgan fingerprint density at radius 1 is 1.00 bits per heavy atom. The van der Waals surface area contributed by atoms with E-state index in [9.17, 15) is 4.79 Å². The maximum atomic E-state index is 12.1. The minimum absolute atomic E-state index is 0.0333. The Hall–Kier alpha value is -2.51. The molecule has 0 spiro atoms. The lowest BCUT2D eigenvalue weighted by Crippen LogP contribution is -2.50. The molecule has 7 heteroatoms. The van der Waals surface area contributed by atoms with E-state index in [1.54, 1.807) is 14.2 Å². The highest BCUT2D eigenvalue weighted by molar-refractivity contribution is 5.77. The quantitative estimate of drug-likeness (QED) is 0.712. The third kappa shape index (κ3) is 5.31. The summed E-state index contributed by atoms with van der Waals surface area (Å²) in [5, 5.41) is 0. The predicted octanol–water partition coefficient (Wildman–Crippen LogP) is 2.13. The monoisotopic (exact) mass is 398 g/mol. The van der Waals surface area contributed by atoms with Crippen LogP contribution < -0.4 is 4.90 Å².